The van der Waals surface area contributed by atoms with Crippen LogP contribution in [0.3, 0.4) is 0 Å². The number of hydrogen-bond acceptors (Lipinski definition) is 4. The number of halogens is 1. The number of fused-ring (bicyclic) bond motifs is 1. The molecule has 0 amide bonds. The predicted octanol–water partition coefficient (Wildman–Crippen LogP) is 4.25. The van der Waals surface area contributed by atoms with Crippen LogP contribution in [0.25, 0.3) is 0 Å². The molecule has 0 aliphatic carbocycles. The Bertz CT molecular complexity index is 732. The fourth-order valence-corrected chi connectivity index (χ4v) is 3.95. The van der Waals surface area contributed by atoms with Gasteiger partial charge in [0.2, 0.25) is 0 Å². The van der Waals surface area contributed by atoms with Gasteiger partial charge in [0.25, 0.3) is 0 Å². The van der Waals surface area contributed by atoms with Crippen LogP contribution in [-0.2, 0) is 17.9 Å². The zero-order valence-corrected chi connectivity index (χ0v) is 14.1. The third-order valence-electron chi connectivity index (χ3n) is 4.77. The minimum Gasteiger partial charge on any atom is -0.508 e. The third kappa shape index (κ3) is 3.09. The van der Waals surface area contributed by atoms with E-state index in [0.29, 0.717) is 25.2 Å². The Morgan fingerprint density at radius 2 is 2.04 bits per heavy atom. The van der Waals surface area contributed by atoms with Crippen LogP contribution >= 0.6 is 11.6 Å². The van der Waals surface area contributed by atoms with Crippen LogP contribution in [0.5, 0.6) is 11.5 Å². The summed E-state index contributed by atoms with van der Waals surface area (Å²) in [6, 6.07) is 11.8. The molecule has 4 nitrogen and oxygen atoms in total. The number of benzene rings is 2. The van der Waals surface area contributed by atoms with Gasteiger partial charge < -0.3 is 14.6 Å². The van der Waals surface area contributed by atoms with Crippen molar-refractivity contribution in [2.24, 2.45) is 0 Å². The lowest BCUT2D eigenvalue weighted by Gasteiger charge is -2.28. The maximum atomic E-state index is 9.51. The molecule has 2 aliphatic heterocycles. The molecule has 0 aromatic heterocycles. The molecular weight excluding hydrogens is 326 g/mol. The quantitative estimate of drug-likeness (QED) is 0.903. The van der Waals surface area contributed by atoms with E-state index < -0.39 is 0 Å². The molecule has 1 N–H and O–H groups in total. The van der Waals surface area contributed by atoms with Crippen molar-refractivity contribution in [3.8, 4) is 11.5 Å². The zero-order chi connectivity index (χ0) is 16.5. The lowest BCUT2D eigenvalue weighted by Crippen LogP contribution is -2.24. The Morgan fingerprint density at radius 1 is 1.21 bits per heavy atom. The van der Waals surface area contributed by atoms with E-state index in [1.165, 1.54) is 5.56 Å². The summed E-state index contributed by atoms with van der Waals surface area (Å²) < 4.78 is 11.1. The number of aromatic hydroxyl groups is 1. The summed E-state index contributed by atoms with van der Waals surface area (Å²) in [6.07, 6.45) is 2.29. The van der Waals surface area contributed by atoms with Gasteiger partial charge in [0.1, 0.15) is 11.5 Å². The number of phenolic OH excluding ortho intramolecular Hbond substituents is 1. The van der Waals surface area contributed by atoms with Crippen molar-refractivity contribution in [2.45, 2.75) is 32.0 Å². The van der Waals surface area contributed by atoms with E-state index in [-0.39, 0.29) is 0 Å². The van der Waals surface area contributed by atoms with E-state index >= 15 is 0 Å². The third-order valence-corrected chi connectivity index (χ3v) is 4.98. The summed E-state index contributed by atoms with van der Waals surface area (Å²) in [5, 5.41) is 10.2. The topological polar surface area (TPSA) is 41.9 Å². The molecule has 0 unspecified atom stereocenters. The Labute approximate surface area is 146 Å². The van der Waals surface area contributed by atoms with Crippen molar-refractivity contribution in [1.82, 2.24) is 4.90 Å². The number of hydrogen-bond donors (Lipinski definition) is 1. The fourth-order valence-electron chi connectivity index (χ4n) is 3.68. The highest BCUT2D eigenvalue weighted by atomic mass is 35.5. The van der Waals surface area contributed by atoms with Gasteiger partial charge in [-0.05, 0) is 49.2 Å². The van der Waals surface area contributed by atoms with E-state index in [4.69, 9.17) is 21.1 Å². The SMILES string of the molecule is Oc1ccc([C@@H]2CCCN2Cc2cc(Cl)cc3c2OCOC3)cc1. The molecule has 1 atom stereocenters. The summed E-state index contributed by atoms with van der Waals surface area (Å²) in [4.78, 5) is 2.46. The number of nitrogens with zero attached hydrogens (tertiary/aromatic N) is 1. The molecule has 0 bridgehead atoms. The number of phenols is 1. The Kier molecular flexibility index (Phi) is 4.35. The van der Waals surface area contributed by atoms with Crippen molar-refractivity contribution in [3.05, 3.63) is 58.1 Å². The lowest BCUT2D eigenvalue weighted by molar-refractivity contribution is -0.0175. The Hall–Kier alpha value is -1.75. The van der Waals surface area contributed by atoms with Gasteiger partial charge in [-0.15, -0.1) is 0 Å². The molecular formula is C19H20ClNO3. The molecule has 2 aromatic rings. The molecule has 2 heterocycles. The Morgan fingerprint density at radius 3 is 2.88 bits per heavy atom. The molecule has 126 valence electrons. The maximum Gasteiger partial charge on any atom is 0.189 e. The van der Waals surface area contributed by atoms with Gasteiger partial charge in [-0.25, -0.2) is 0 Å². The fraction of sp³-hybridized carbons (Fsp3) is 0.368. The maximum absolute atomic E-state index is 9.51. The van der Waals surface area contributed by atoms with E-state index in [0.717, 1.165) is 47.8 Å². The highest BCUT2D eigenvalue weighted by Gasteiger charge is 2.28. The van der Waals surface area contributed by atoms with Gasteiger partial charge >= 0.3 is 0 Å². The van der Waals surface area contributed by atoms with Crippen molar-refractivity contribution in [1.29, 1.82) is 0 Å². The van der Waals surface area contributed by atoms with E-state index in [2.05, 4.69) is 4.90 Å². The van der Waals surface area contributed by atoms with Crippen LogP contribution in [0.1, 0.15) is 35.6 Å². The van der Waals surface area contributed by atoms with Gasteiger partial charge in [-0.1, -0.05) is 23.7 Å². The van der Waals surface area contributed by atoms with Crippen molar-refractivity contribution in [3.63, 3.8) is 0 Å². The van der Waals surface area contributed by atoms with E-state index in [9.17, 15) is 5.11 Å². The largest absolute Gasteiger partial charge is 0.508 e. The summed E-state index contributed by atoms with van der Waals surface area (Å²) in [6.45, 7) is 2.69. The number of ether oxygens (including phenoxy) is 2. The highest BCUT2D eigenvalue weighted by molar-refractivity contribution is 6.30. The summed E-state index contributed by atoms with van der Waals surface area (Å²) in [5.74, 6) is 1.22. The highest BCUT2D eigenvalue weighted by Crippen LogP contribution is 2.37. The predicted molar refractivity (Wildman–Crippen MR) is 92.2 cm³/mol. The summed E-state index contributed by atoms with van der Waals surface area (Å²) in [5.41, 5.74) is 3.38. The van der Waals surface area contributed by atoms with Crippen LogP contribution in [-0.4, -0.2) is 23.3 Å². The zero-order valence-electron chi connectivity index (χ0n) is 13.4. The first-order chi connectivity index (χ1) is 11.7. The van der Waals surface area contributed by atoms with Crippen molar-refractivity contribution >= 4 is 11.6 Å². The minimum atomic E-state index is 0.295. The van der Waals surface area contributed by atoms with Crippen molar-refractivity contribution < 1.29 is 14.6 Å². The summed E-state index contributed by atoms with van der Waals surface area (Å²) in [7, 11) is 0. The molecule has 1 fully saturated rings. The van der Waals surface area contributed by atoms with Crippen LogP contribution < -0.4 is 4.74 Å². The average molecular weight is 346 g/mol. The van der Waals surface area contributed by atoms with E-state index in [1.54, 1.807) is 12.1 Å². The molecule has 24 heavy (non-hydrogen) atoms. The molecule has 1 saturated heterocycles. The molecule has 0 radical (unpaired) electrons. The monoisotopic (exact) mass is 345 g/mol. The number of likely N-dealkylation sites (tertiary alicyclic amines) is 1. The standard InChI is InChI=1S/C19H20ClNO3/c20-16-8-14(19-15(9-16)11-23-12-24-19)10-21-7-1-2-18(21)13-3-5-17(22)6-4-13/h3-6,8-9,18,22H,1-2,7,10-12H2/t18-/m0/s1. The first-order valence-corrected chi connectivity index (χ1v) is 8.63. The number of rotatable bonds is 3. The molecule has 2 aromatic carbocycles. The first kappa shape index (κ1) is 15.8. The minimum absolute atomic E-state index is 0.295. The van der Waals surface area contributed by atoms with Gasteiger partial charge in [-0.2, -0.15) is 0 Å². The van der Waals surface area contributed by atoms with Gasteiger partial charge in [0.15, 0.2) is 6.79 Å². The van der Waals surface area contributed by atoms with Gasteiger partial charge in [-0.3, -0.25) is 4.90 Å². The van der Waals surface area contributed by atoms with E-state index in [1.807, 2.05) is 24.3 Å². The normalized spacial score (nSPS) is 20.6. The van der Waals surface area contributed by atoms with Crippen LogP contribution in [0.4, 0.5) is 0 Å². The summed E-state index contributed by atoms with van der Waals surface area (Å²) >= 11 is 6.28. The molecule has 5 heteroatoms. The molecule has 4 rings (SSSR count). The van der Waals surface area contributed by atoms with Crippen LogP contribution in [0, 0.1) is 0 Å². The molecule has 0 spiro atoms. The second-order valence-corrected chi connectivity index (χ2v) is 6.82. The molecule has 2 aliphatic rings. The van der Waals surface area contributed by atoms with Crippen molar-refractivity contribution in [2.75, 3.05) is 13.3 Å². The lowest BCUT2D eigenvalue weighted by atomic mass is 10.0. The smallest absolute Gasteiger partial charge is 0.189 e. The van der Waals surface area contributed by atoms with Crippen LogP contribution in [0.15, 0.2) is 36.4 Å². The van der Waals surface area contributed by atoms with Gasteiger partial charge in [0.05, 0.1) is 6.61 Å². The second-order valence-electron chi connectivity index (χ2n) is 6.38. The van der Waals surface area contributed by atoms with Gasteiger partial charge in [0, 0.05) is 28.7 Å². The van der Waals surface area contributed by atoms with Crippen LogP contribution in [0.2, 0.25) is 5.02 Å². The first-order valence-electron chi connectivity index (χ1n) is 8.25. The molecule has 0 saturated carbocycles. The average Bonchev–Trinajstić information content (AvgIpc) is 3.03. The Balaban J connectivity index is 1.60. The second kappa shape index (κ2) is 6.63.